The normalized spacial score (nSPS) is 12.8. The quantitative estimate of drug-likeness (QED) is 0.903. The number of carbonyl (C=O) groups excluding carboxylic acids is 1. The summed E-state index contributed by atoms with van der Waals surface area (Å²) in [5.74, 6) is -0.737. The zero-order chi connectivity index (χ0) is 15.5. The van der Waals surface area contributed by atoms with Gasteiger partial charge in [-0.25, -0.2) is 0 Å². The molecule has 1 amide bonds. The molecule has 0 aliphatic carbocycles. The summed E-state index contributed by atoms with van der Waals surface area (Å²) < 4.78 is 38.7. The molecule has 2 aromatic rings. The van der Waals surface area contributed by atoms with Crippen molar-refractivity contribution in [1.29, 1.82) is 0 Å². The van der Waals surface area contributed by atoms with E-state index in [-0.39, 0.29) is 11.6 Å². The lowest BCUT2D eigenvalue weighted by molar-refractivity contribution is -0.137. The van der Waals surface area contributed by atoms with Crippen molar-refractivity contribution in [2.24, 2.45) is 0 Å². The van der Waals surface area contributed by atoms with Crippen LogP contribution in [0.1, 0.15) is 34.5 Å². The van der Waals surface area contributed by atoms with E-state index in [1.165, 1.54) is 18.2 Å². The number of amides is 1. The average molecular weight is 293 g/mol. The second-order valence-corrected chi connectivity index (χ2v) is 4.65. The molecule has 0 aromatic heterocycles. The highest BCUT2D eigenvalue weighted by atomic mass is 19.4. The fourth-order valence-electron chi connectivity index (χ4n) is 2.03. The maximum atomic E-state index is 12.9. The molecule has 1 atom stereocenters. The molecule has 0 heterocycles. The number of hydrogen-bond acceptors (Lipinski definition) is 1. The standard InChI is InChI=1S/C16H14F3NO/c1-11(12-7-3-2-4-8-12)20-15(21)13-9-5-6-10-14(13)16(17,18)19/h2-11H,1H3,(H,20,21)/t11-/m1/s1. The third-order valence-electron chi connectivity index (χ3n) is 3.12. The minimum absolute atomic E-state index is 0.368. The molecule has 0 aliphatic rings. The molecule has 0 aliphatic heterocycles. The third kappa shape index (κ3) is 3.62. The first-order valence-corrected chi connectivity index (χ1v) is 6.41. The van der Waals surface area contributed by atoms with Crippen molar-refractivity contribution in [2.75, 3.05) is 0 Å². The Labute approximate surface area is 120 Å². The van der Waals surface area contributed by atoms with Gasteiger partial charge in [-0.1, -0.05) is 42.5 Å². The molecule has 21 heavy (non-hydrogen) atoms. The summed E-state index contributed by atoms with van der Waals surface area (Å²) in [7, 11) is 0. The molecule has 2 rings (SSSR count). The lowest BCUT2D eigenvalue weighted by Crippen LogP contribution is -2.28. The van der Waals surface area contributed by atoms with E-state index < -0.39 is 17.6 Å². The number of benzene rings is 2. The van der Waals surface area contributed by atoms with Gasteiger partial charge < -0.3 is 5.32 Å². The van der Waals surface area contributed by atoms with Crippen molar-refractivity contribution in [3.05, 3.63) is 71.3 Å². The molecule has 2 nitrogen and oxygen atoms in total. The van der Waals surface area contributed by atoms with Crippen molar-refractivity contribution >= 4 is 5.91 Å². The first kappa shape index (κ1) is 15.1. The minimum Gasteiger partial charge on any atom is -0.346 e. The van der Waals surface area contributed by atoms with E-state index in [0.717, 1.165) is 11.6 Å². The highest BCUT2D eigenvalue weighted by Crippen LogP contribution is 2.32. The molecule has 0 spiro atoms. The SMILES string of the molecule is C[C@@H](NC(=O)c1ccccc1C(F)(F)F)c1ccccc1. The van der Waals surface area contributed by atoms with E-state index >= 15 is 0 Å². The second kappa shape index (κ2) is 5.99. The number of alkyl halides is 3. The molecule has 0 bridgehead atoms. The average Bonchev–Trinajstić information content (AvgIpc) is 2.47. The van der Waals surface area contributed by atoms with Crippen molar-refractivity contribution in [3.63, 3.8) is 0 Å². The molecule has 5 heteroatoms. The molecule has 0 unspecified atom stereocenters. The van der Waals surface area contributed by atoms with Gasteiger partial charge >= 0.3 is 6.18 Å². The van der Waals surface area contributed by atoms with Crippen molar-refractivity contribution in [2.45, 2.75) is 19.1 Å². The smallest absolute Gasteiger partial charge is 0.346 e. The van der Waals surface area contributed by atoms with Crippen LogP contribution < -0.4 is 5.32 Å². The van der Waals surface area contributed by atoms with Gasteiger partial charge in [0.25, 0.3) is 5.91 Å². The lowest BCUT2D eigenvalue weighted by Gasteiger charge is -2.17. The van der Waals surface area contributed by atoms with Gasteiger partial charge in [0.1, 0.15) is 0 Å². The summed E-state index contributed by atoms with van der Waals surface area (Å²) in [5, 5.41) is 2.59. The molecule has 0 saturated carbocycles. The van der Waals surface area contributed by atoms with Crippen LogP contribution in [0.3, 0.4) is 0 Å². The first-order valence-electron chi connectivity index (χ1n) is 6.41. The summed E-state index contributed by atoms with van der Waals surface area (Å²) in [6.45, 7) is 1.73. The van der Waals surface area contributed by atoms with Gasteiger partial charge in [-0.3, -0.25) is 4.79 Å². The van der Waals surface area contributed by atoms with Crippen LogP contribution in [-0.4, -0.2) is 5.91 Å². The fourth-order valence-corrected chi connectivity index (χ4v) is 2.03. The van der Waals surface area contributed by atoms with Crippen molar-refractivity contribution < 1.29 is 18.0 Å². The molecular formula is C16H14F3NO. The van der Waals surface area contributed by atoms with Crippen molar-refractivity contribution in [1.82, 2.24) is 5.32 Å². The number of halogens is 3. The summed E-state index contributed by atoms with van der Waals surface area (Å²) >= 11 is 0. The van der Waals surface area contributed by atoms with Gasteiger partial charge in [0, 0.05) is 0 Å². The Morgan fingerprint density at radius 1 is 1.00 bits per heavy atom. The molecule has 110 valence electrons. The third-order valence-corrected chi connectivity index (χ3v) is 3.12. The Kier molecular flexibility index (Phi) is 4.31. The van der Waals surface area contributed by atoms with E-state index in [4.69, 9.17) is 0 Å². The Bertz CT molecular complexity index is 623. The van der Waals surface area contributed by atoms with Crippen LogP contribution in [0, 0.1) is 0 Å². The summed E-state index contributed by atoms with van der Waals surface area (Å²) in [5.41, 5.74) is -0.467. The zero-order valence-corrected chi connectivity index (χ0v) is 11.3. The van der Waals surface area contributed by atoms with Crippen LogP contribution in [0.4, 0.5) is 13.2 Å². The molecular weight excluding hydrogens is 279 g/mol. The maximum Gasteiger partial charge on any atom is 0.417 e. The predicted molar refractivity (Wildman–Crippen MR) is 73.8 cm³/mol. The topological polar surface area (TPSA) is 29.1 Å². The van der Waals surface area contributed by atoms with E-state index in [1.54, 1.807) is 19.1 Å². The number of rotatable bonds is 3. The fraction of sp³-hybridized carbons (Fsp3) is 0.188. The minimum atomic E-state index is -4.55. The Hall–Kier alpha value is -2.30. The predicted octanol–water partition coefficient (Wildman–Crippen LogP) is 4.20. The number of hydrogen-bond donors (Lipinski definition) is 1. The molecule has 0 saturated heterocycles. The van der Waals surface area contributed by atoms with Crippen molar-refractivity contribution in [3.8, 4) is 0 Å². The van der Waals surface area contributed by atoms with Gasteiger partial charge in [-0.15, -0.1) is 0 Å². The molecule has 2 aromatic carbocycles. The van der Waals surface area contributed by atoms with Gasteiger partial charge in [-0.05, 0) is 24.6 Å². The van der Waals surface area contributed by atoms with Crippen LogP contribution in [0.15, 0.2) is 54.6 Å². The van der Waals surface area contributed by atoms with Gasteiger partial charge in [-0.2, -0.15) is 13.2 Å². The maximum absolute atomic E-state index is 12.9. The molecule has 0 radical (unpaired) electrons. The Balaban J connectivity index is 2.22. The zero-order valence-electron chi connectivity index (χ0n) is 11.3. The first-order chi connectivity index (χ1) is 9.89. The van der Waals surface area contributed by atoms with Crippen LogP contribution in [-0.2, 0) is 6.18 Å². The Morgan fingerprint density at radius 2 is 1.57 bits per heavy atom. The van der Waals surface area contributed by atoms with Gasteiger partial charge in [0.15, 0.2) is 0 Å². The highest BCUT2D eigenvalue weighted by Gasteiger charge is 2.34. The number of carbonyl (C=O) groups is 1. The van der Waals surface area contributed by atoms with Crippen LogP contribution >= 0.6 is 0 Å². The van der Waals surface area contributed by atoms with Gasteiger partial charge in [0.2, 0.25) is 0 Å². The van der Waals surface area contributed by atoms with Crippen LogP contribution in [0.25, 0.3) is 0 Å². The summed E-state index contributed by atoms with van der Waals surface area (Å²) in [6, 6.07) is 13.4. The lowest BCUT2D eigenvalue weighted by atomic mass is 10.0. The van der Waals surface area contributed by atoms with Crippen LogP contribution in [0.5, 0.6) is 0 Å². The molecule has 0 fully saturated rings. The summed E-state index contributed by atoms with van der Waals surface area (Å²) in [6.07, 6.45) is -4.55. The largest absolute Gasteiger partial charge is 0.417 e. The number of nitrogens with one attached hydrogen (secondary N) is 1. The second-order valence-electron chi connectivity index (χ2n) is 4.65. The summed E-state index contributed by atoms with van der Waals surface area (Å²) in [4.78, 5) is 12.1. The highest BCUT2D eigenvalue weighted by molar-refractivity contribution is 5.96. The van der Waals surface area contributed by atoms with E-state index in [0.29, 0.717) is 0 Å². The van der Waals surface area contributed by atoms with E-state index in [1.807, 2.05) is 18.2 Å². The van der Waals surface area contributed by atoms with Crippen LogP contribution in [0.2, 0.25) is 0 Å². The monoisotopic (exact) mass is 293 g/mol. The van der Waals surface area contributed by atoms with E-state index in [9.17, 15) is 18.0 Å². The van der Waals surface area contributed by atoms with Gasteiger partial charge in [0.05, 0.1) is 17.2 Å². The Morgan fingerprint density at radius 3 is 2.19 bits per heavy atom. The molecule has 1 N–H and O–H groups in total. The van der Waals surface area contributed by atoms with E-state index in [2.05, 4.69) is 5.32 Å².